The van der Waals surface area contributed by atoms with E-state index >= 15 is 0 Å². The maximum Gasteiger partial charge on any atom is 0.107 e. The van der Waals surface area contributed by atoms with E-state index in [0.717, 1.165) is 29.7 Å². The van der Waals surface area contributed by atoms with Gasteiger partial charge in [0.2, 0.25) is 0 Å². The van der Waals surface area contributed by atoms with Crippen molar-refractivity contribution in [1.82, 2.24) is 9.97 Å². The Hall–Kier alpha value is -1.80. The van der Waals surface area contributed by atoms with Crippen molar-refractivity contribution in [1.29, 1.82) is 0 Å². The highest BCUT2D eigenvalue weighted by Gasteiger charge is 2.05. The molecule has 1 aromatic heterocycles. The van der Waals surface area contributed by atoms with Gasteiger partial charge >= 0.3 is 0 Å². The second-order valence-electron chi connectivity index (χ2n) is 4.81. The molecule has 0 fully saturated rings. The number of imidazole rings is 1. The number of rotatable bonds is 3. The van der Waals surface area contributed by atoms with Gasteiger partial charge in [-0.3, -0.25) is 0 Å². The van der Waals surface area contributed by atoms with Crippen LogP contribution in [0.3, 0.4) is 0 Å². The van der Waals surface area contributed by atoms with Crippen molar-refractivity contribution < 1.29 is 0 Å². The largest absolute Gasteiger partial charge is 0.342 e. The fraction of sp³-hybridized carbons (Fsp3) is 0.188. The van der Waals surface area contributed by atoms with E-state index in [4.69, 9.17) is 11.6 Å². The highest BCUT2D eigenvalue weighted by Crippen LogP contribution is 2.21. The van der Waals surface area contributed by atoms with Gasteiger partial charge in [0.25, 0.3) is 0 Å². The van der Waals surface area contributed by atoms with Crippen LogP contribution in [-0.2, 0) is 12.8 Å². The van der Waals surface area contributed by atoms with Crippen molar-refractivity contribution in [2.45, 2.75) is 19.8 Å². The van der Waals surface area contributed by atoms with E-state index in [0.29, 0.717) is 5.02 Å². The number of aromatic nitrogens is 2. The van der Waals surface area contributed by atoms with E-state index in [1.807, 2.05) is 18.2 Å². The zero-order valence-corrected chi connectivity index (χ0v) is 11.5. The fourth-order valence-electron chi connectivity index (χ4n) is 2.18. The summed E-state index contributed by atoms with van der Waals surface area (Å²) in [5, 5.41) is 0.704. The van der Waals surface area contributed by atoms with Crippen LogP contribution in [0, 0.1) is 6.92 Å². The number of H-pyrrole nitrogens is 1. The molecule has 1 N–H and O–H groups in total. The SMILES string of the molecule is Cc1ccc(CCc2nc3c(Cl)cccc3[nH]2)cc1. The van der Waals surface area contributed by atoms with Crippen LogP contribution >= 0.6 is 11.6 Å². The van der Waals surface area contributed by atoms with Gasteiger partial charge in [-0.2, -0.15) is 0 Å². The maximum atomic E-state index is 6.12. The van der Waals surface area contributed by atoms with Crippen LogP contribution in [0.4, 0.5) is 0 Å². The van der Waals surface area contributed by atoms with E-state index in [9.17, 15) is 0 Å². The molecule has 0 saturated carbocycles. The van der Waals surface area contributed by atoms with Gasteiger partial charge in [0.1, 0.15) is 11.3 Å². The monoisotopic (exact) mass is 270 g/mol. The molecule has 0 amide bonds. The second kappa shape index (κ2) is 5.06. The molecule has 0 bridgehead atoms. The molecule has 0 aliphatic carbocycles. The summed E-state index contributed by atoms with van der Waals surface area (Å²) in [5.74, 6) is 0.990. The zero-order chi connectivity index (χ0) is 13.2. The van der Waals surface area contributed by atoms with Crippen LogP contribution in [-0.4, -0.2) is 9.97 Å². The van der Waals surface area contributed by atoms with Crippen molar-refractivity contribution in [3.8, 4) is 0 Å². The molecule has 0 unspecified atom stereocenters. The van der Waals surface area contributed by atoms with Gasteiger partial charge in [0.05, 0.1) is 10.5 Å². The Balaban J connectivity index is 1.78. The van der Waals surface area contributed by atoms with Gasteiger partial charge in [0.15, 0.2) is 0 Å². The Bertz CT molecular complexity index is 698. The molecular formula is C16H15ClN2. The number of hydrogen-bond donors (Lipinski definition) is 1. The topological polar surface area (TPSA) is 28.7 Å². The number of hydrogen-bond acceptors (Lipinski definition) is 1. The van der Waals surface area contributed by atoms with Gasteiger partial charge in [-0.25, -0.2) is 4.98 Å². The average Bonchev–Trinajstić information content (AvgIpc) is 2.83. The summed E-state index contributed by atoms with van der Waals surface area (Å²) in [7, 11) is 0. The lowest BCUT2D eigenvalue weighted by Gasteiger charge is -1.99. The van der Waals surface area contributed by atoms with Crippen LogP contribution in [0.25, 0.3) is 11.0 Å². The predicted molar refractivity (Wildman–Crippen MR) is 79.7 cm³/mol. The van der Waals surface area contributed by atoms with Crippen molar-refractivity contribution in [2.75, 3.05) is 0 Å². The van der Waals surface area contributed by atoms with Crippen LogP contribution in [0.15, 0.2) is 42.5 Å². The summed E-state index contributed by atoms with van der Waals surface area (Å²) >= 11 is 6.12. The summed E-state index contributed by atoms with van der Waals surface area (Å²) in [4.78, 5) is 7.88. The average molecular weight is 271 g/mol. The number of aromatic amines is 1. The van der Waals surface area contributed by atoms with Crippen molar-refractivity contribution >= 4 is 22.6 Å². The maximum absolute atomic E-state index is 6.12. The van der Waals surface area contributed by atoms with E-state index < -0.39 is 0 Å². The minimum Gasteiger partial charge on any atom is -0.342 e. The summed E-state index contributed by atoms with van der Waals surface area (Å²) < 4.78 is 0. The van der Waals surface area contributed by atoms with Gasteiger partial charge < -0.3 is 4.98 Å². The molecule has 96 valence electrons. The smallest absolute Gasteiger partial charge is 0.107 e. The van der Waals surface area contributed by atoms with E-state index in [2.05, 4.69) is 41.2 Å². The lowest BCUT2D eigenvalue weighted by Crippen LogP contribution is -1.93. The third-order valence-corrected chi connectivity index (χ3v) is 3.59. The van der Waals surface area contributed by atoms with Crippen LogP contribution in [0.5, 0.6) is 0 Å². The third kappa shape index (κ3) is 2.64. The molecule has 3 rings (SSSR count). The first-order valence-electron chi connectivity index (χ1n) is 6.41. The molecular weight excluding hydrogens is 256 g/mol. The fourth-order valence-corrected chi connectivity index (χ4v) is 2.40. The molecule has 3 heteroatoms. The Morgan fingerprint density at radius 1 is 1.05 bits per heavy atom. The van der Waals surface area contributed by atoms with Gasteiger partial charge in [0, 0.05) is 6.42 Å². The predicted octanol–water partition coefficient (Wildman–Crippen LogP) is 4.31. The molecule has 0 spiro atoms. The highest BCUT2D eigenvalue weighted by atomic mass is 35.5. The van der Waals surface area contributed by atoms with Crippen molar-refractivity contribution in [3.05, 3.63) is 64.4 Å². The Labute approximate surface area is 117 Å². The first-order chi connectivity index (χ1) is 9.22. The van der Waals surface area contributed by atoms with Gasteiger partial charge in [-0.05, 0) is 31.0 Å². The Morgan fingerprint density at radius 3 is 2.58 bits per heavy atom. The molecule has 3 aromatic rings. The summed E-state index contributed by atoms with van der Waals surface area (Å²) in [6.07, 6.45) is 1.88. The molecule has 0 saturated heterocycles. The molecule has 19 heavy (non-hydrogen) atoms. The van der Waals surface area contributed by atoms with Crippen molar-refractivity contribution in [2.24, 2.45) is 0 Å². The number of fused-ring (bicyclic) bond motifs is 1. The molecule has 0 aliphatic heterocycles. The van der Waals surface area contributed by atoms with E-state index in [-0.39, 0.29) is 0 Å². The summed E-state index contributed by atoms with van der Waals surface area (Å²) in [6.45, 7) is 2.10. The quantitative estimate of drug-likeness (QED) is 0.755. The minimum absolute atomic E-state index is 0.704. The molecule has 0 aliphatic rings. The van der Waals surface area contributed by atoms with E-state index in [1.54, 1.807) is 0 Å². The zero-order valence-electron chi connectivity index (χ0n) is 10.8. The summed E-state index contributed by atoms with van der Waals surface area (Å²) in [5.41, 5.74) is 4.49. The highest BCUT2D eigenvalue weighted by molar-refractivity contribution is 6.34. The van der Waals surface area contributed by atoms with Gasteiger partial charge in [-0.15, -0.1) is 0 Å². The van der Waals surface area contributed by atoms with Gasteiger partial charge in [-0.1, -0.05) is 47.5 Å². The number of halogens is 1. The first kappa shape index (κ1) is 12.2. The standard InChI is InChI=1S/C16H15ClN2/c1-11-5-7-12(8-6-11)9-10-15-18-14-4-2-3-13(17)16(14)19-15/h2-8H,9-10H2,1H3,(H,18,19). The Kier molecular flexibility index (Phi) is 3.26. The minimum atomic E-state index is 0.704. The van der Waals surface area contributed by atoms with Crippen LogP contribution in [0.2, 0.25) is 5.02 Å². The Morgan fingerprint density at radius 2 is 1.84 bits per heavy atom. The lowest BCUT2D eigenvalue weighted by molar-refractivity contribution is 0.889. The molecule has 2 aromatic carbocycles. The molecule has 0 atom stereocenters. The van der Waals surface area contributed by atoms with Crippen LogP contribution < -0.4 is 0 Å². The van der Waals surface area contributed by atoms with Crippen molar-refractivity contribution in [3.63, 3.8) is 0 Å². The van der Waals surface area contributed by atoms with E-state index in [1.165, 1.54) is 11.1 Å². The summed E-state index contributed by atoms with van der Waals surface area (Å²) in [6, 6.07) is 14.4. The number of benzene rings is 2. The number of nitrogens with zero attached hydrogens (tertiary/aromatic N) is 1. The number of nitrogens with one attached hydrogen (secondary N) is 1. The number of aryl methyl sites for hydroxylation is 3. The molecule has 2 nitrogen and oxygen atoms in total. The normalized spacial score (nSPS) is 11.1. The second-order valence-corrected chi connectivity index (χ2v) is 5.21. The first-order valence-corrected chi connectivity index (χ1v) is 6.79. The van der Waals surface area contributed by atoms with Crippen LogP contribution in [0.1, 0.15) is 17.0 Å². The molecule has 1 heterocycles. The lowest BCUT2D eigenvalue weighted by atomic mass is 10.1. The third-order valence-electron chi connectivity index (χ3n) is 3.28. The number of para-hydroxylation sites is 1. The molecule has 0 radical (unpaired) electrons.